The molecule has 2 rings (SSSR count). The van der Waals surface area contributed by atoms with Gasteiger partial charge in [-0.1, -0.05) is 31.2 Å². The number of likely N-dealkylation sites (N-methyl/N-ethyl adjacent to an activating group) is 1. The van der Waals surface area contributed by atoms with Crippen LogP contribution in [0.2, 0.25) is 0 Å². The van der Waals surface area contributed by atoms with E-state index in [4.69, 9.17) is 10.5 Å². The van der Waals surface area contributed by atoms with E-state index in [-0.39, 0.29) is 6.04 Å². The highest BCUT2D eigenvalue weighted by atomic mass is 16.5. The predicted octanol–water partition coefficient (Wildman–Crippen LogP) is 1.86. The van der Waals surface area contributed by atoms with Crippen molar-refractivity contribution in [1.82, 2.24) is 9.80 Å². The van der Waals surface area contributed by atoms with Crippen LogP contribution in [0.1, 0.15) is 31.0 Å². The van der Waals surface area contributed by atoms with Gasteiger partial charge < -0.3 is 10.5 Å². The van der Waals surface area contributed by atoms with E-state index in [1.807, 2.05) is 0 Å². The number of hydrogen-bond donors (Lipinski definition) is 1. The minimum Gasteiger partial charge on any atom is -0.380 e. The first-order valence-electron chi connectivity index (χ1n) is 7.96. The van der Waals surface area contributed by atoms with Crippen LogP contribution in [0.15, 0.2) is 24.3 Å². The van der Waals surface area contributed by atoms with Crippen molar-refractivity contribution in [2.24, 2.45) is 5.73 Å². The normalized spacial score (nSPS) is 22.4. The van der Waals surface area contributed by atoms with Crippen molar-refractivity contribution in [2.75, 3.05) is 39.8 Å². The zero-order valence-electron chi connectivity index (χ0n) is 13.6. The molecule has 21 heavy (non-hydrogen) atoms. The zero-order chi connectivity index (χ0) is 15.2. The molecule has 0 amide bonds. The minimum absolute atomic E-state index is 0.290. The van der Waals surface area contributed by atoms with Gasteiger partial charge in [-0.3, -0.25) is 9.80 Å². The van der Waals surface area contributed by atoms with Gasteiger partial charge in [0.15, 0.2) is 0 Å². The second-order valence-corrected chi connectivity index (χ2v) is 5.86. The van der Waals surface area contributed by atoms with Gasteiger partial charge >= 0.3 is 0 Å². The molecule has 0 radical (unpaired) electrons. The lowest BCUT2D eigenvalue weighted by Crippen LogP contribution is -2.53. The van der Waals surface area contributed by atoms with Crippen LogP contribution in [0.4, 0.5) is 0 Å². The first-order valence-corrected chi connectivity index (χ1v) is 7.96. The van der Waals surface area contributed by atoms with Gasteiger partial charge in [0.05, 0.1) is 6.61 Å². The molecule has 1 fully saturated rings. The van der Waals surface area contributed by atoms with Crippen molar-refractivity contribution in [2.45, 2.75) is 32.5 Å². The van der Waals surface area contributed by atoms with E-state index in [0.29, 0.717) is 19.2 Å². The Kier molecular flexibility index (Phi) is 6.18. The van der Waals surface area contributed by atoms with Crippen LogP contribution in [0.3, 0.4) is 0 Å². The van der Waals surface area contributed by atoms with Gasteiger partial charge in [0.2, 0.25) is 0 Å². The molecular weight excluding hydrogens is 262 g/mol. The summed E-state index contributed by atoms with van der Waals surface area (Å²) in [5.74, 6) is 0. The van der Waals surface area contributed by atoms with Gasteiger partial charge in [-0.15, -0.1) is 0 Å². The summed E-state index contributed by atoms with van der Waals surface area (Å²) in [5.41, 5.74) is 8.69. The Balaban J connectivity index is 2.17. The summed E-state index contributed by atoms with van der Waals surface area (Å²) in [6, 6.07) is 9.40. The summed E-state index contributed by atoms with van der Waals surface area (Å²) >= 11 is 0. The molecule has 0 bridgehead atoms. The Morgan fingerprint density at radius 3 is 2.71 bits per heavy atom. The number of methoxy groups -OCH3 is 1. The van der Waals surface area contributed by atoms with E-state index < -0.39 is 0 Å². The first kappa shape index (κ1) is 16.4. The van der Waals surface area contributed by atoms with Crippen molar-refractivity contribution in [3.05, 3.63) is 35.4 Å². The quantitative estimate of drug-likeness (QED) is 0.868. The van der Waals surface area contributed by atoms with E-state index in [9.17, 15) is 0 Å². The van der Waals surface area contributed by atoms with E-state index in [2.05, 4.69) is 47.9 Å². The molecule has 4 heteroatoms. The molecule has 2 unspecified atom stereocenters. The van der Waals surface area contributed by atoms with Gasteiger partial charge in [0, 0.05) is 45.4 Å². The van der Waals surface area contributed by atoms with Crippen molar-refractivity contribution in [3.63, 3.8) is 0 Å². The second-order valence-electron chi connectivity index (χ2n) is 5.86. The standard InChI is InChI=1S/C17H29N3O/c1-4-19-9-10-20(12-14(19)2)17(11-18)16-8-6-5-7-15(16)13-21-3/h5-8,14,17H,4,9-13,18H2,1-3H3. The van der Waals surface area contributed by atoms with Gasteiger partial charge in [-0.25, -0.2) is 0 Å². The van der Waals surface area contributed by atoms with Gasteiger partial charge in [-0.05, 0) is 24.6 Å². The maximum absolute atomic E-state index is 6.12. The molecule has 0 saturated carbocycles. The molecule has 0 aliphatic carbocycles. The fourth-order valence-electron chi connectivity index (χ4n) is 3.40. The number of benzene rings is 1. The monoisotopic (exact) mass is 291 g/mol. The van der Waals surface area contributed by atoms with Crippen molar-refractivity contribution < 1.29 is 4.74 Å². The zero-order valence-corrected chi connectivity index (χ0v) is 13.6. The van der Waals surface area contributed by atoms with Gasteiger partial charge in [0.1, 0.15) is 0 Å². The lowest BCUT2D eigenvalue weighted by atomic mass is 9.98. The molecule has 4 nitrogen and oxygen atoms in total. The highest BCUT2D eigenvalue weighted by Crippen LogP contribution is 2.26. The van der Waals surface area contributed by atoms with Crippen LogP contribution in [-0.4, -0.2) is 55.7 Å². The van der Waals surface area contributed by atoms with Gasteiger partial charge in [0.25, 0.3) is 0 Å². The Labute approximate surface area is 128 Å². The third kappa shape index (κ3) is 3.83. The molecule has 1 aromatic carbocycles. The number of nitrogens with zero attached hydrogens (tertiary/aromatic N) is 2. The summed E-state index contributed by atoms with van der Waals surface area (Å²) in [6.07, 6.45) is 0. The molecule has 1 saturated heterocycles. The van der Waals surface area contributed by atoms with Crippen LogP contribution in [0, 0.1) is 0 Å². The van der Waals surface area contributed by atoms with Crippen molar-refractivity contribution in [3.8, 4) is 0 Å². The van der Waals surface area contributed by atoms with Crippen molar-refractivity contribution in [1.29, 1.82) is 0 Å². The SMILES string of the molecule is CCN1CCN(C(CN)c2ccccc2COC)CC1C. The molecule has 118 valence electrons. The predicted molar refractivity (Wildman–Crippen MR) is 87.2 cm³/mol. The highest BCUT2D eigenvalue weighted by molar-refractivity contribution is 5.30. The lowest BCUT2D eigenvalue weighted by Gasteiger charge is -2.43. The average Bonchev–Trinajstić information content (AvgIpc) is 2.50. The molecule has 0 spiro atoms. The number of nitrogens with two attached hydrogens (primary N) is 1. The third-order valence-electron chi connectivity index (χ3n) is 4.58. The average molecular weight is 291 g/mol. The summed E-state index contributed by atoms with van der Waals surface area (Å²) < 4.78 is 5.34. The maximum Gasteiger partial charge on any atom is 0.0716 e. The summed E-state index contributed by atoms with van der Waals surface area (Å²) in [5, 5.41) is 0. The second kappa shape index (κ2) is 7.90. The molecule has 1 aliphatic heterocycles. The van der Waals surface area contributed by atoms with E-state index in [1.165, 1.54) is 11.1 Å². The fraction of sp³-hybridized carbons (Fsp3) is 0.647. The van der Waals surface area contributed by atoms with Gasteiger partial charge in [-0.2, -0.15) is 0 Å². The maximum atomic E-state index is 6.12. The molecule has 1 aliphatic rings. The molecule has 1 heterocycles. The Bertz CT molecular complexity index is 438. The van der Waals surface area contributed by atoms with Crippen LogP contribution in [0.25, 0.3) is 0 Å². The molecule has 2 atom stereocenters. The van der Waals surface area contributed by atoms with Crippen LogP contribution in [-0.2, 0) is 11.3 Å². The topological polar surface area (TPSA) is 41.7 Å². The largest absolute Gasteiger partial charge is 0.380 e. The molecular formula is C17H29N3O. The van der Waals surface area contributed by atoms with Crippen LogP contribution >= 0.6 is 0 Å². The van der Waals surface area contributed by atoms with E-state index in [0.717, 1.165) is 26.2 Å². The molecule has 0 aromatic heterocycles. The van der Waals surface area contributed by atoms with Crippen LogP contribution < -0.4 is 5.73 Å². The van der Waals surface area contributed by atoms with Crippen LogP contribution in [0.5, 0.6) is 0 Å². The first-order chi connectivity index (χ1) is 10.2. The summed E-state index contributed by atoms with van der Waals surface area (Å²) in [6.45, 7) is 10.3. The van der Waals surface area contributed by atoms with Crippen molar-refractivity contribution >= 4 is 0 Å². The summed E-state index contributed by atoms with van der Waals surface area (Å²) in [4.78, 5) is 5.07. The summed E-state index contributed by atoms with van der Waals surface area (Å²) in [7, 11) is 1.75. The number of ether oxygens (including phenoxy) is 1. The molecule has 2 N–H and O–H groups in total. The number of rotatable bonds is 6. The third-order valence-corrected chi connectivity index (χ3v) is 4.58. The minimum atomic E-state index is 0.290. The molecule has 1 aromatic rings. The number of hydrogen-bond acceptors (Lipinski definition) is 4. The van der Waals surface area contributed by atoms with E-state index in [1.54, 1.807) is 7.11 Å². The lowest BCUT2D eigenvalue weighted by molar-refractivity contribution is 0.0598. The number of piperazine rings is 1. The smallest absolute Gasteiger partial charge is 0.0716 e. The Morgan fingerprint density at radius 1 is 1.33 bits per heavy atom. The Morgan fingerprint density at radius 2 is 2.10 bits per heavy atom. The Hall–Kier alpha value is -0.940. The fourth-order valence-corrected chi connectivity index (χ4v) is 3.40. The van der Waals surface area contributed by atoms with E-state index >= 15 is 0 Å². The highest BCUT2D eigenvalue weighted by Gasteiger charge is 2.28.